The minimum Gasteiger partial charge on any atom is -0.430 e. The number of aromatic nitrogens is 1. The second-order valence-corrected chi connectivity index (χ2v) is 5.91. The second-order valence-electron chi connectivity index (χ2n) is 4.30. The quantitative estimate of drug-likeness (QED) is 0.670. The second kappa shape index (κ2) is 4.71. The highest BCUT2D eigenvalue weighted by Crippen LogP contribution is 2.24. The zero-order valence-corrected chi connectivity index (χ0v) is 10.7. The van der Waals surface area contributed by atoms with Gasteiger partial charge in [-0.1, -0.05) is 0 Å². The Hall–Kier alpha value is -1.80. The van der Waals surface area contributed by atoms with Crippen LogP contribution in [0.4, 0.5) is 5.69 Å². The van der Waals surface area contributed by atoms with E-state index in [1.165, 1.54) is 18.2 Å². The Bertz CT molecular complexity index is 663. The summed E-state index contributed by atoms with van der Waals surface area (Å²) in [4.78, 5) is 14.3. The Balaban J connectivity index is 1.96. The lowest BCUT2D eigenvalue weighted by Gasteiger charge is -2.02. The summed E-state index contributed by atoms with van der Waals surface area (Å²) in [5.74, 6) is 0. The Labute approximate surface area is 110 Å². The number of fused-ring (bicyclic) bond motifs is 1. The fourth-order valence-corrected chi connectivity index (χ4v) is 3.29. The average molecular weight is 281 g/mol. The van der Waals surface area contributed by atoms with Gasteiger partial charge in [0.25, 0.3) is 10.9 Å². The highest BCUT2D eigenvalue weighted by Gasteiger charge is 2.26. The van der Waals surface area contributed by atoms with Gasteiger partial charge < -0.3 is 9.73 Å². The molecular weight excluding hydrogens is 270 g/mol. The van der Waals surface area contributed by atoms with Gasteiger partial charge in [0.15, 0.2) is 5.58 Å². The van der Waals surface area contributed by atoms with Gasteiger partial charge in [0.05, 0.1) is 10.2 Å². The summed E-state index contributed by atoms with van der Waals surface area (Å²) >= 11 is 0. The van der Waals surface area contributed by atoms with Crippen molar-refractivity contribution in [2.75, 3.05) is 13.1 Å². The van der Waals surface area contributed by atoms with Gasteiger partial charge in [-0.05, 0) is 19.0 Å². The van der Waals surface area contributed by atoms with Crippen LogP contribution in [0.1, 0.15) is 6.42 Å². The topological polar surface area (TPSA) is 98.3 Å². The molecule has 1 aromatic carbocycles. The number of rotatable bonds is 3. The third-order valence-corrected chi connectivity index (χ3v) is 4.58. The molecule has 0 bridgehead atoms. The van der Waals surface area contributed by atoms with Gasteiger partial charge in [0, 0.05) is 18.7 Å². The summed E-state index contributed by atoms with van der Waals surface area (Å²) in [5.41, 5.74) is 0.726. The minimum atomic E-state index is -1.32. The van der Waals surface area contributed by atoms with Crippen molar-refractivity contribution < 1.29 is 13.5 Å². The zero-order valence-electron chi connectivity index (χ0n) is 9.87. The molecule has 2 heterocycles. The molecule has 0 spiro atoms. The Kier molecular flexibility index (Phi) is 3.03. The van der Waals surface area contributed by atoms with Crippen LogP contribution in [-0.2, 0) is 10.8 Å². The Morgan fingerprint density at radius 2 is 2.37 bits per heavy atom. The number of benzene rings is 1. The van der Waals surface area contributed by atoms with Crippen LogP contribution in [0.2, 0.25) is 0 Å². The molecule has 3 rings (SSSR count). The molecule has 0 amide bonds. The number of nitro groups is 1. The molecule has 2 atom stereocenters. The summed E-state index contributed by atoms with van der Waals surface area (Å²) in [6.07, 6.45) is 0.811. The standard InChI is InChI=1S/C11H11N3O4S/c15-14(16)7-1-2-10-9(5-7)13-11(18-10)19(17)8-3-4-12-6-8/h1-2,5,8,12H,3-4,6H2/t8-,19-/m1/s1. The van der Waals surface area contributed by atoms with Crippen molar-refractivity contribution in [1.82, 2.24) is 10.3 Å². The van der Waals surface area contributed by atoms with Crippen molar-refractivity contribution in [1.29, 1.82) is 0 Å². The number of oxazole rings is 1. The predicted octanol–water partition coefficient (Wildman–Crippen LogP) is 1.21. The molecular formula is C11H11N3O4S. The molecule has 1 aromatic heterocycles. The van der Waals surface area contributed by atoms with Crippen molar-refractivity contribution in [3.05, 3.63) is 28.3 Å². The van der Waals surface area contributed by atoms with Crippen LogP contribution in [0.3, 0.4) is 0 Å². The minimum absolute atomic E-state index is 0.0111. The van der Waals surface area contributed by atoms with E-state index in [0.717, 1.165) is 13.0 Å². The maximum Gasteiger partial charge on any atom is 0.288 e. The molecule has 19 heavy (non-hydrogen) atoms. The van der Waals surface area contributed by atoms with Crippen LogP contribution in [0.25, 0.3) is 11.1 Å². The maximum absolute atomic E-state index is 12.2. The lowest BCUT2D eigenvalue weighted by molar-refractivity contribution is -0.384. The van der Waals surface area contributed by atoms with Gasteiger partial charge in [0.2, 0.25) is 0 Å². The number of nitrogens with one attached hydrogen (secondary N) is 1. The summed E-state index contributed by atoms with van der Waals surface area (Å²) in [6, 6.07) is 4.15. The SMILES string of the molecule is O=[N+]([O-])c1ccc2oc([S@](=O)[C@@H]3CCNC3)nc2c1. The van der Waals surface area contributed by atoms with E-state index in [1.807, 2.05) is 0 Å². The normalized spacial score (nSPS) is 20.7. The zero-order chi connectivity index (χ0) is 13.4. The molecule has 100 valence electrons. The molecule has 7 nitrogen and oxygen atoms in total. The molecule has 0 radical (unpaired) electrons. The van der Waals surface area contributed by atoms with Gasteiger partial charge in [0.1, 0.15) is 16.3 Å². The van der Waals surface area contributed by atoms with E-state index in [2.05, 4.69) is 10.3 Å². The molecule has 0 aliphatic carbocycles. The first-order valence-corrected chi connectivity index (χ1v) is 7.03. The highest BCUT2D eigenvalue weighted by atomic mass is 32.2. The summed E-state index contributed by atoms with van der Waals surface area (Å²) in [6.45, 7) is 1.51. The number of nitrogens with zero attached hydrogens (tertiary/aromatic N) is 2. The first kappa shape index (κ1) is 12.2. The van der Waals surface area contributed by atoms with E-state index >= 15 is 0 Å². The summed E-state index contributed by atoms with van der Waals surface area (Å²) in [7, 11) is -1.32. The molecule has 0 saturated carbocycles. The van der Waals surface area contributed by atoms with Gasteiger partial charge in [-0.2, -0.15) is 0 Å². The van der Waals surface area contributed by atoms with E-state index in [4.69, 9.17) is 4.42 Å². The van der Waals surface area contributed by atoms with Gasteiger partial charge in [-0.15, -0.1) is 0 Å². The van der Waals surface area contributed by atoms with Gasteiger partial charge in [-0.3, -0.25) is 10.1 Å². The fraction of sp³-hybridized carbons (Fsp3) is 0.364. The Morgan fingerprint density at radius 3 is 3.05 bits per heavy atom. The average Bonchev–Trinajstić information content (AvgIpc) is 3.06. The third kappa shape index (κ3) is 2.24. The fourth-order valence-electron chi connectivity index (χ4n) is 2.05. The molecule has 8 heteroatoms. The summed E-state index contributed by atoms with van der Waals surface area (Å²) in [5, 5.41) is 13.9. The summed E-state index contributed by atoms with van der Waals surface area (Å²) < 4.78 is 17.6. The molecule has 2 aromatic rings. The van der Waals surface area contributed by atoms with Gasteiger partial charge >= 0.3 is 0 Å². The van der Waals surface area contributed by atoms with Crippen LogP contribution >= 0.6 is 0 Å². The van der Waals surface area contributed by atoms with Crippen molar-refractivity contribution in [2.45, 2.75) is 16.9 Å². The van der Waals surface area contributed by atoms with Crippen molar-refractivity contribution >= 4 is 27.6 Å². The lowest BCUT2D eigenvalue weighted by atomic mass is 10.3. The smallest absolute Gasteiger partial charge is 0.288 e. The molecule has 1 saturated heterocycles. The van der Waals surface area contributed by atoms with E-state index < -0.39 is 15.7 Å². The largest absolute Gasteiger partial charge is 0.430 e. The molecule has 1 aliphatic heterocycles. The number of hydrogen-bond donors (Lipinski definition) is 1. The van der Waals surface area contributed by atoms with Crippen molar-refractivity contribution in [3.8, 4) is 0 Å². The Morgan fingerprint density at radius 1 is 1.53 bits per heavy atom. The van der Waals surface area contributed by atoms with Gasteiger partial charge in [-0.25, -0.2) is 9.19 Å². The van der Waals surface area contributed by atoms with Crippen molar-refractivity contribution in [2.24, 2.45) is 0 Å². The number of non-ortho nitro benzene ring substituents is 1. The molecule has 1 aliphatic rings. The van der Waals surface area contributed by atoms with E-state index in [0.29, 0.717) is 17.6 Å². The first-order chi connectivity index (χ1) is 9.15. The van der Waals surface area contributed by atoms with Crippen LogP contribution in [-0.4, -0.2) is 32.5 Å². The molecule has 1 N–H and O–H groups in total. The van der Waals surface area contributed by atoms with Crippen LogP contribution in [0.5, 0.6) is 0 Å². The number of hydrogen-bond acceptors (Lipinski definition) is 6. The van der Waals surface area contributed by atoms with Crippen molar-refractivity contribution in [3.63, 3.8) is 0 Å². The lowest BCUT2D eigenvalue weighted by Crippen LogP contribution is -2.18. The molecule has 1 fully saturated rings. The highest BCUT2D eigenvalue weighted by molar-refractivity contribution is 7.85. The van der Waals surface area contributed by atoms with E-state index in [9.17, 15) is 14.3 Å². The maximum atomic E-state index is 12.2. The predicted molar refractivity (Wildman–Crippen MR) is 68.3 cm³/mol. The van der Waals surface area contributed by atoms with Crippen LogP contribution < -0.4 is 5.32 Å². The first-order valence-electron chi connectivity index (χ1n) is 5.81. The van der Waals surface area contributed by atoms with E-state index in [-0.39, 0.29) is 16.2 Å². The van der Waals surface area contributed by atoms with E-state index in [1.54, 1.807) is 0 Å². The number of nitro benzene ring substituents is 1. The molecule has 0 unspecified atom stereocenters. The monoisotopic (exact) mass is 281 g/mol. The van der Waals surface area contributed by atoms with Crippen LogP contribution in [0, 0.1) is 10.1 Å². The van der Waals surface area contributed by atoms with Crippen LogP contribution in [0.15, 0.2) is 27.8 Å². The third-order valence-electron chi connectivity index (χ3n) is 3.05.